The maximum absolute atomic E-state index is 14.1. The van der Waals surface area contributed by atoms with Gasteiger partial charge in [0.15, 0.2) is 0 Å². The fraction of sp³-hybridized carbons (Fsp3) is 0.379. The van der Waals surface area contributed by atoms with Gasteiger partial charge in [-0.3, -0.25) is 4.79 Å². The molecule has 1 fully saturated rings. The molecule has 5 nitrogen and oxygen atoms in total. The molecular formula is C29H29F6N3O2. The van der Waals surface area contributed by atoms with Crippen molar-refractivity contribution >= 4 is 17.4 Å². The number of hydrogen-bond acceptors (Lipinski definition) is 4. The molecule has 0 unspecified atom stereocenters. The Morgan fingerprint density at radius 3 is 2.12 bits per heavy atom. The third-order valence-electron chi connectivity index (χ3n) is 7.17. The predicted octanol–water partition coefficient (Wildman–Crippen LogP) is 6.87. The molecule has 2 aromatic carbocycles. The Labute approximate surface area is 228 Å². The molecule has 2 heterocycles. The van der Waals surface area contributed by atoms with E-state index in [2.05, 4.69) is 4.98 Å². The highest BCUT2D eigenvalue weighted by molar-refractivity contribution is 6.03. The first-order valence-corrected chi connectivity index (χ1v) is 12.6. The number of amides is 1. The fourth-order valence-corrected chi connectivity index (χ4v) is 5.02. The molecular weight excluding hydrogens is 536 g/mol. The van der Waals surface area contributed by atoms with Crippen molar-refractivity contribution in [2.24, 2.45) is 0 Å². The lowest BCUT2D eigenvalue weighted by atomic mass is 9.78. The molecule has 0 atom stereocenters. The highest BCUT2D eigenvalue weighted by atomic mass is 19.4. The van der Waals surface area contributed by atoms with E-state index in [9.17, 15) is 31.1 Å². The van der Waals surface area contributed by atoms with Crippen LogP contribution in [0.1, 0.15) is 36.1 Å². The second kappa shape index (κ2) is 10.8. The van der Waals surface area contributed by atoms with Gasteiger partial charge in [0.25, 0.3) is 0 Å². The smallest absolute Gasteiger partial charge is 0.378 e. The Hall–Kier alpha value is -3.60. The normalized spacial score (nSPS) is 14.8. The standard InChI is InChI=1S/C29H29F6N3O2/c1-18-8-5-6-9-19(18)20-16-24(38-12-14-40-15-13-38)36-17-23(20)37(4)26(39)27(2,3)21-10-7-11-22(28(30,31)32)25(21)29(33,34)35/h5-11,16-17H,12-15H2,1-4H3. The molecule has 1 aliphatic heterocycles. The summed E-state index contributed by atoms with van der Waals surface area (Å²) in [5, 5.41) is 0. The van der Waals surface area contributed by atoms with Crippen molar-refractivity contribution in [1.29, 1.82) is 0 Å². The minimum Gasteiger partial charge on any atom is -0.378 e. The van der Waals surface area contributed by atoms with Crippen LogP contribution in [0.15, 0.2) is 54.7 Å². The van der Waals surface area contributed by atoms with Gasteiger partial charge in [-0.05, 0) is 49.6 Å². The Bertz CT molecular complexity index is 1400. The number of hydrogen-bond donors (Lipinski definition) is 0. The van der Waals surface area contributed by atoms with Crippen LogP contribution in [0.2, 0.25) is 0 Å². The lowest BCUT2D eigenvalue weighted by molar-refractivity contribution is -0.163. The van der Waals surface area contributed by atoms with Gasteiger partial charge in [-0.15, -0.1) is 0 Å². The second-order valence-electron chi connectivity index (χ2n) is 10.2. The summed E-state index contributed by atoms with van der Waals surface area (Å²) in [4.78, 5) is 21.6. The monoisotopic (exact) mass is 565 g/mol. The Morgan fingerprint density at radius 1 is 0.900 bits per heavy atom. The lowest BCUT2D eigenvalue weighted by Crippen LogP contribution is -2.43. The number of aryl methyl sites for hydroxylation is 1. The van der Waals surface area contributed by atoms with E-state index in [1.54, 1.807) is 0 Å². The number of alkyl halides is 6. The molecule has 4 rings (SSSR count). The summed E-state index contributed by atoms with van der Waals surface area (Å²) in [6, 6.07) is 11.4. The number of anilines is 2. The van der Waals surface area contributed by atoms with Gasteiger partial charge in [0.1, 0.15) is 5.82 Å². The number of carbonyl (C=O) groups excluding carboxylic acids is 1. The van der Waals surface area contributed by atoms with Gasteiger partial charge >= 0.3 is 12.4 Å². The van der Waals surface area contributed by atoms with Crippen molar-refractivity contribution in [2.45, 2.75) is 38.5 Å². The Kier molecular flexibility index (Phi) is 7.90. The number of ether oxygens (including phenoxy) is 1. The number of rotatable bonds is 5. The van der Waals surface area contributed by atoms with Crippen LogP contribution in [-0.2, 0) is 27.3 Å². The molecule has 1 amide bonds. The maximum atomic E-state index is 14.1. The van der Waals surface area contributed by atoms with Crippen LogP contribution in [0.5, 0.6) is 0 Å². The average molecular weight is 566 g/mol. The lowest BCUT2D eigenvalue weighted by Gasteiger charge is -2.34. The number of nitrogens with zero attached hydrogens (tertiary/aromatic N) is 3. The second-order valence-corrected chi connectivity index (χ2v) is 10.2. The minimum absolute atomic E-state index is 0.310. The zero-order valence-corrected chi connectivity index (χ0v) is 22.5. The highest BCUT2D eigenvalue weighted by Gasteiger charge is 2.48. The number of benzene rings is 2. The van der Waals surface area contributed by atoms with Crippen LogP contribution < -0.4 is 9.80 Å². The molecule has 40 heavy (non-hydrogen) atoms. The number of halogens is 6. The van der Waals surface area contributed by atoms with Gasteiger partial charge in [0, 0.05) is 25.7 Å². The van der Waals surface area contributed by atoms with Gasteiger partial charge < -0.3 is 14.5 Å². The van der Waals surface area contributed by atoms with Gasteiger partial charge in [-0.1, -0.05) is 36.4 Å². The summed E-state index contributed by atoms with van der Waals surface area (Å²) in [6.07, 6.45) is -9.13. The Balaban J connectivity index is 1.84. The van der Waals surface area contributed by atoms with Crippen molar-refractivity contribution in [3.8, 4) is 11.1 Å². The van der Waals surface area contributed by atoms with E-state index < -0.39 is 40.4 Å². The maximum Gasteiger partial charge on any atom is 0.417 e. The molecule has 0 aliphatic carbocycles. The SMILES string of the molecule is Cc1ccccc1-c1cc(N2CCOCC2)ncc1N(C)C(=O)C(C)(C)c1cccc(C(F)(F)F)c1C(F)(F)F. The molecule has 0 saturated carbocycles. The molecule has 0 spiro atoms. The quantitative estimate of drug-likeness (QED) is 0.317. The summed E-state index contributed by atoms with van der Waals surface area (Å²) in [5.41, 5.74) is -3.85. The molecule has 0 N–H and O–H groups in total. The van der Waals surface area contributed by atoms with Crippen LogP contribution >= 0.6 is 0 Å². The van der Waals surface area contributed by atoms with Crippen LogP contribution in [0, 0.1) is 6.92 Å². The highest BCUT2D eigenvalue weighted by Crippen LogP contribution is 2.46. The van der Waals surface area contributed by atoms with Crippen LogP contribution in [0.25, 0.3) is 11.1 Å². The van der Waals surface area contributed by atoms with Crippen molar-refractivity contribution in [2.75, 3.05) is 43.2 Å². The fourth-order valence-electron chi connectivity index (χ4n) is 5.02. The topological polar surface area (TPSA) is 45.7 Å². The summed E-state index contributed by atoms with van der Waals surface area (Å²) in [7, 11) is 1.39. The number of morpholine rings is 1. The zero-order valence-electron chi connectivity index (χ0n) is 22.5. The molecule has 1 aliphatic rings. The van der Waals surface area contributed by atoms with Gasteiger partial charge in [-0.25, -0.2) is 4.98 Å². The molecule has 214 valence electrons. The van der Waals surface area contributed by atoms with E-state index in [1.807, 2.05) is 42.2 Å². The first kappa shape index (κ1) is 29.4. The number of carbonyl (C=O) groups is 1. The van der Waals surface area contributed by atoms with E-state index in [4.69, 9.17) is 4.74 Å². The van der Waals surface area contributed by atoms with Crippen LogP contribution in [0.4, 0.5) is 37.8 Å². The number of pyridine rings is 1. The van der Waals surface area contributed by atoms with Crippen LogP contribution in [0.3, 0.4) is 0 Å². The molecule has 1 aromatic heterocycles. The minimum atomic E-state index is -5.34. The van der Waals surface area contributed by atoms with E-state index >= 15 is 0 Å². The zero-order chi connectivity index (χ0) is 29.5. The van der Waals surface area contributed by atoms with Crippen molar-refractivity contribution in [3.05, 3.63) is 77.0 Å². The summed E-state index contributed by atoms with van der Waals surface area (Å²) in [5.74, 6) is -0.185. The summed E-state index contributed by atoms with van der Waals surface area (Å²) in [6.45, 7) is 6.54. The molecule has 3 aromatic rings. The molecule has 0 radical (unpaired) electrons. The van der Waals surface area contributed by atoms with E-state index in [1.165, 1.54) is 27.1 Å². The van der Waals surface area contributed by atoms with Gasteiger partial charge in [0.2, 0.25) is 5.91 Å². The van der Waals surface area contributed by atoms with Crippen molar-refractivity contribution < 1.29 is 35.9 Å². The first-order chi connectivity index (χ1) is 18.6. The van der Waals surface area contributed by atoms with E-state index in [0.717, 1.165) is 28.2 Å². The molecule has 0 bridgehead atoms. The largest absolute Gasteiger partial charge is 0.417 e. The van der Waals surface area contributed by atoms with Crippen molar-refractivity contribution in [3.63, 3.8) is 0 Å². The van der Waals surface area contributed by atoms with Gasteiger partial charge in [-0.2, -0.15) is 26.3 Å². The van der Waals surface area contributed by atoms with Crippen LogP contribution in [-0.4, -0.2) is 44.2 Å². The third-order valence-corrected chi connectivity index (χ3v) is 7.17. The number of aromatic nitrogens is 1. The van der Waals surface area contributed by atoms with Gasteiger partial charge in [0.05, 0.1) is 41.6 Å². The molecule has 1 saturated heterocycles. The first-order valence-electron chi connectivity index (χ1n) is 12.6. The Morgan fingerprint density at radius 2 is 1.52 bits per heavy atom. The number of likely N-dealkylation sites (N-methyl/N-ethyl adjacent to an activating group) is 1. The average Bonchev–Trinajstić information content (AvgIpc) is 2.91. The van der Waals surface area contributed by atoms with E-state index in [0.29, 0.717) is 49.4 Å². The summed E-state index contributed by atoms with van der Waals surface area (Å²) < 4.78 is 88.5. The summed E-state index contributed by atoms with van der Waals surface area (Å²) >= 11 is 0. The predicted molar refractivity (Wildman–Crippen MR) is 140 cm³/mol. The van der Waals surface area contributed by atoms with E-state index in [-0.39, 0.29) is 0 Å². The third kappa shape index (κ3) is 5.65. The molecule has 11 heteroatoms. The van der Waals surface area contributed by atoms with Crippen molar-refractivity contribution in [1.82, 2.24) is 4.98 Å².